The third-order valence-electron chi connectivity index (χ3n) is 3.30. The Labute approximate surface area is 117 Å². The molecule has 1 aromatic carbocycles. The second kappa shape index (κ2) is 6.23. The van der Waals surface area contributed by atoms with Crippen LogP contribution in [-0.4, -0.2) is 4.92 Å². The van der Waals surface area contributed by atoms with Gasteiger partial charge >= 0.3 is 0 Å². The second-order valence-corrected chi connectivity index (χ2v) is 4.57. The summed E-state index contributed by atoms with van der Waals surface area (Å²) in [7, 11) is 0. The van der Waals surface area contributed by atoms with Crippen molar-refractivity contribution >= 4 is 11.4 Å². The second-order valence-electron chi connectivity index (χ2n) is 4.57. The van der Waals surface area contributed by atoms with Gasteiger partial charge in [0.15, 0.2) is 0 Å². The average molecular weight is 274 g/mol. The van der Waals surface area contributed by atoms with E-state index in [1.165, 1.54) is 0 Å². The first-order valence-corrected chi connectivity index (χ1v) is 6.73. The Balaban J connectivity index is 2.25. The SMILES string of the molecule is CCc1ccc(NC(CC)c2ccco2)cc1[N+](=O)[O-]. The quantitative estimate of drug-likeness (QED) is 0.629. The molecule has 20 heavy (non-hydrogen) atoms. The molecule has 1 N–H and O–H groups in total. The zero-order valence-electron chi connectivity index (χ0n) is 11.6. The Bertz CT molecular complexity index is 579. The van der Waals surface area contributed by atoms with Gasteiger partial charge in [0, 0.05) is 17.3 Å². The third kappa shape index (κ3) is 2.99. The van der Waals surface area contributed by atoms with Crippen molar-refractivity contribution in [2.75, 3.05) is 5.32 Å². The summed E-state index contributed by atoms with van der Waals surface area (Å²) in [5.74, 6) is 0.828. The van der Waals surface area contributed by atoms with E-state index in [1.807, 2.05) is 32.0 Å². The molecule has 2 rings (SSSR count). The molecule has 0 aliphatic carbocycles. The van der Waals surface area contributed by atoms with Crippen molar-refractivity contribution in [1.29, 1.82) is 0 Å². The van der Waals surface area contributed by atoms with Crippen LogP contribution in [0.25, 0.3) is 0 Å². The Kier molecular flexibility index (Phi) is 4.40. The fourth-order valence-electron chi connectivity index (χ4n) is 2.19. The summed E-state index contributed by atoms with van der Waals surface area (Å²) in [4.78, 5) is 10.7. The number of nitro benzene ring substituents is 1. The Morgan fingerprint density at radius 1 is 1.35 bits per heavy atom. The monoisotopic (exact) mass is 274 g/mol. The van der Waals surface area contributed by atoms with E-state index in [0.29, 0.717) is 6.42 Å². The lowest BCUT2D eigenvalue weighted by Crippen LogP contribution is -2.09. The Morgan fingerprint density at radius 3 is 2.70 bits per heavy atom. The van der Waals surface area contributed by atoms with Crippen molar-refractivity contribution in [2.45, 2.75) is 32.7 Å². The minimum absolute atomic E-state index is 0.0112. The Hall–Kier alpha value is -2.30. The van der Waals surface area contributed by atoms with Crippen LogP contribution >= 0.6 is 0 Å². The van der Waals surface area contributed by atoms with Crippen molar-refractivity contribution < 1.29 is 9.34 Å². The van der Waals surface area contributed by atoms with Gasteiger partial charge in [-0.3, -0.25) is 10.1 Å². The van der Waals surface area contributed by atoms with E-state index < -0.39 is 0 Å². The molecule has 0 bridgehead atoms. The highest BCUT2D eigenvalue weighted by Crippen LogP contribution is 2.28. The molecule has 0 saturated heterocycles. The lowest BCUT2D eigenvalue weighted by atomic mass is 10.1. The van der Waals surface area contributed by atoms with Crippen LogP contribution in [0.1, 0.15) is 37.6 Å². The predicted molar refractivity (Wildman–Crippen MR) is 77.8 cm³/mol. The fraction of sp³-hybridized carbons (Fsp3) is 0.333. The van der Waals surface area contributed by atoms with Gasteiger partial charge in [0.1, 0.15) is 5.76 Å². The largest absolute Gasteiger partial charge is 0.467 e. The highest BCUT2D eigenvalue weighted by atomic mass is 16.6. The maximum atomic E-state index is 11.1. The molecule has 0 saturated carbocycles. The molecule has 0 aliphatic heterocycles. The van der Waals surface area contributed by atoms with Gasteiger partial charge in [-0.05, 0) is 31.0 Å². The smallest absolute Gasteiger partial charge is 0.274 e. The van der Waals surface area contributed by atoms with Gasteiger partial charge in [-0.25, -0.2) is 0 Å². The predicted octanol–water partition coefficient (Wildman–Crippen LogP) is 4.31. The number of rotatable bonds is 6. The maximum Gasteiger partial charge on any atom is 0.274 e. The van der Waals surface area contributed by atoms with Crippen LogP contribution in [-0.2, 0) is 6.42 Å². The molecule has 1 aromatic heterocycles. The number of aryl methyl sites for hydroxylation is 1. The number of hydrogen-bond acceptors (Lipinski definition) is 4. The van der Waals surface area contributed by atoms with Crippen LogP contribution in [0.4, 0.5) is 11.4 Å². The summed E-state index contributed by atoms with van der Waals surface area (Å²) in [6, 6.07) is 9.01. The molecular formula is C15H18N2O3. The molecule has 0 spiro atoms. The van der Waals surface area contributed by atoms with Gasteiger partial charge < -0.3 is 9.73 Å². The van der Waals surface area contributed by atoms with Crippen molar-refractivity contribution in [3.8, 4) is 0 Å². The number of furan rings is 1. The van der Waals surface area contributed by atoms with Crippen molar-refractivity contribution in [3.05, 3.63) is 58.0 Å². The van der Waals surface area contributed by atoms with E-state index in [9.17, 15) is 10.1 Å². The first-order chi connectivity index (χ1) is 9.65. The average Bonchev–Trinajstić information content (AvgIpc) is 2.98. The molecule has 1 atom stereocenters. The zero-order valence-corrected chi connectivity index (χ0v) is 11.6. The summed E-state index contributed by atoms with van der Waals surface area (Å²) in [6.07, 6.45) is 3.10. The highest BCUT2D eigenvalue weighted by molar-refractivity contribution is 5.56. The van der Waals surface area contributed by atoms with Crippen molar-refractivity contribution in [1.82, 2.24) is 0 Å². The molecule has 0 amide bonds. The van der Waals surface area contributed by atoms with Crippen LogP contribution in [0.2, 0.25) is 0 Å². The van der Waals surface area contributed by atoms with Crippen LogP contribution in [0.15, 0.2) is 41.0 Å². The highest BCUT2D eigenvalue weighted by Gasteiger charge is 2.16. The van der Waals surface area contributed by atoms with Crippen LogP contribution in [0.3, 0.4) is 0 Å². The number of anilines is 1. The molecule has 0 fully saturated rings. The third-order valence-corrected chi connectivity index (χ3v) is 3.30. The molecule has 1 heterocycles. The number of hydrogen-bond donors (Lipinski definition) is 1. The van der Waals surface area contributed by atoms with E-state index in [1.54, 1.807) is 18.4 Å². The van der Waals surface area contributed by atoms with Crippen LogP contribution in [0, 0.1) is 10.1 Å². The molecular weight excluding hydrogens is 256 g/mol. The van der Waals surface area contributed by atoms with Gasteiger partial charge in [-0.15, -0.1) is 0 Å². The first-order valence-electron chi connectivity index (χ1n) is 6.73. The molecule has 0 radical (unpaired) electrons. The molecule has 1 unspecified atom stereocenters. The molecule has 2 aromatic rings. The number of nitro groups is 1. The van der Waals surface area contributed by atoms with Gasteiger partial charge in [0.2, 0.25) is 0 Å². The van der Waals surface area contributed by atoms with Crippen molar-refractivity contribution in [3.63, 3.8) is 0 Å². The minimum atomic E-state index is -0.335. The van der Waals surface area contributed by atoms with E-state index in [4.69, 9.17) is 4.42 Å². The van der Waals surface area contributed by atoms with Gasteiger partial charge in [-0.2, -0.15) is 0 Å². The van der Waals surface area contributed by atoms with Gasteiger partial charge in [0.25, 0.3) is 5.69 Å². The minimum Gasteiger partial charge on any atom is -0.467 e. The summed E-state index contributed by atoms with van der Waals surface area (Å²) >= 11 is 0. The lowest BCUT2D eigenvalue weighted by Gasteiger charge is -2.16. The molecule has 5 heteroatoms. The summed E-state index contributed by atoms with van der Waals surface area (Å²) in [5, 5.41) is 14.4. The summed E-state index contributed by atoms with van der Waals surface area (Å²) in [6.45, 7) is 3.95. The van der Waals surface area contributed by atoms with E-state index in [0.717, 1.165) is 23.4 Å². The van der Waals surface area contributed by atoms with Crippen molar-refractivity contribution in [2.24, 2.45) is 0 Å². The van der Waals surface area contributed by atoms with Gasteiger partial charge in [-0.1, -0.05) is 19.9 Å². The summed E-state index contributed by atoms with van der Waals surface area (Å²) < 4.78 is 5.38. The first kappa shape index (κ1) is 14.1. The fourth-order valence-corrected chi connectivity index (χ4v) is 2.19. The van der Waals surface area contributed by atoms with E-state index >= 15 is 0 Å². The van der Waals surface area contributed by atoms with Gasteiger partial charge in [0.05, 0.1) is 17.2 Å². The number of nitrogens with one attached hydrogen (secondary N) is 1. The zero-order chi connectivity index (χ0) is 14.5. The molecule has 0 aliphatic rings. The standard InChI is InChI=1S/C15H18N2O3/c1-3-11-7-8-12(10-14(11)17(18)19)16-13(4-2)15-6-5-9-20-15/h5-10,13,16H,3-4H2,1-2H3. The van der Waals surface area contributed by atoms with E-state index in [2.05, 4.69) is 5.32 Å². The number of nitrogens with zero attached hydrogens (tertiary/aromatic N) is 1. The maximum absolute atomic E-state index is 11.1. The summed E-state index contributed by atoms with van der Waals surface area (Å²) in [5.41, 5.74) is 1.63. The molecule has 106 valence electrons. The lowest BCUT2D eigenvalue weighted by molar-refractivity contribution is -0.385. The Morgan fingerprint density at radius 2 is 2.15 bits per heavy atom. The van der Waals surface area contributed by atoms with Crippen LogP contribution < -0.4 is 5.32 Å². The van der Waals surface area contributed by atoms with E-state index in [-0.39, 0.29) is 16.7 Å². The van der Waals surface area contributed by atoms with Crippen LogP contribution in [0.5, 0.6) is 0 Å². The topological polar surface area (TPSA) is 68.3 Å². The normalized spacial score (nSPS) is 12.1. The number of benzene rings is 1. The molecule has 5 nitrogen and oxygen atoms in total.